The number of benzene rings is 1. The zero-order chi connectivity index (χ0) is 16.0. The molecule has 1 aromatic heterocycles. The minimum Gasteiger partial charge on any atom is -0.357 e. The number of nitrogens with one attached hydrogen (secondary N) is 1. The summed E-state index contributed by atoms with van der Waals surface area (Å²) in [4.78, 5) is 8.03. The van der Waals surface area contributed by atoms with Gasteiger partial charge in [0.2, 0.25) is 0 Å². The maximum atomic E-state index is 12.6. The van der Waals surface area contributed by atoms with Gasteiger partial charge in [0.25, 0.3) is 10.0 Å². The molecule has 2 aromatic rings. The van der Waals surface area contributed by atoms with E-state index in [1.807, 2.05) is 6.07 Å². The lowest BCUT2D eigenvalue weighted by atomic mass is 9.92. The third kappa shape index (κ3) is 2.81. The minimum absolute atomic E-state index is 0.0292. The molecule has 0 radical (unpaired) electrons. The van der Waals surface area contributed by atoms with Crippen molar-refractivity contribution in [2.24, 2.45) is 0 Å². The van der Waals surface area contributed by atoms with Crippen molar-refractivity contribution in [2.75, 3.05) is 14.2 Å². The van der Waals surface area contributed by atoms with Crippen LogP contribution in [0.5, 0.6) is 0 Å². The van der Waals surface area contributed by atoms with Gasteiger partial charge >= 0.3 is 0 Å². The van der Waals surface area contributed by atoms with Crippen LogP contribution in [0, 0.1) is 0 Å². The van der Waals surface area contributed by atoms with E-state index < -0.39 is 10.0 Å². The topological polar surface area (TPSA) is 62.4 Å². The predicted molar refractivity (Wildman–Crippen MR) is 84.0 cm³/mol. The molecule has 0 bridgehead atoms. The number of rotatable bonds is 3. The summed E-state index contributed by atoms with van der Waals surface area (Å²) in [7, 11) is -1.21. The number of hydrogen-bond acceptors (Lipinski definition) is 3. The van der Waals surface area contributed by atoms with E-state index >= 15 is 0 Å². The first-order chi connectivity index (χ1) is 9.59. The number of sulfonamides is 1. The highest BCUT2D eigenvalue weighted by molar-refractivity contribution is 7.89. The molecule has 0 atom stereocenters. The molecule has 5 nitrogen and oxygen atoms in total. The average Bonchev–Trinajstić information content (AvgIpc) is 2.80. The van der Waals surface area contributed by atoms with Gasteiger partial charge in [-0.2, -0.15) is 0 Å². The Morgan fingerprint density at radius 3 is 2.43 bits per heavy atom. The SMILES string of the molecule is CON(C)S(=O)(=O)c1c(Cl)ccc2cc(C(C)(C)C)[nH]c12. The number of aromatic nitrogens is 1. The number of fused-ring (bicyclic) bond motifs is 1. The Bertz CT molecular complexity index is 775. The third-order valence-electron chi connectivity index (χ3n) is 3.36. The van der Waals surface area contributed by atoms with Crippen LogP contribution in [-0.2, 0) is 20.3 Å². The van der Waals surface area contributed by atoms with Crippen LogP contribution in [0.1, 0.15) is 26.5 Å². The van der Waals surface area contributed by atoms with Crippen molar-refractivity contribution < 1.29 is 13.3 Å². The minimum atomic E-state index is -3.83. The molecule has 0 aliphatic rings. The predicted octanol–water partition coefficient (Wildman–Crippen LogP) is 3.30. The zero-order valence-corrected chi connectivity index (χ0v) is 14.3. The van der Waals surface area contributed by atoms with Gasteiger partial charge in [-0.3, -0.25) is 4.84 Å². The fourth-order valence-electron chi connectivity index (χ4n) is 2.03. The van der Waals surface area contributed by atoms with Crippen LogP contribution in [0.15, 0.2) is 23.1 Å². The fourth-order valence-corrected chi connectivity index (χ4v) is 3.68. The summed E-state index contributed by atoms with van der Waals surface area (Å²) in [6.07, 6.45) is 0. The summed E-state index contributed by atoms with van der Waals surface area (Å²) >= 11 is 6.13. The third-order valence-corrected chi connectivity index (χ3v) is 5.56. The van der Waals surface area contributed by atoms with Gasteiger partial charge in [0.15, 0.2) is 0 Å². The van der Waals surface area contributed by atoms with E-state index in [9.17, 15) is 8.42 Å². The van der Waals surface area contributed by atoms with Crippen molar-refractivity contribution in [2.45, 2.75) is 31.1 Å². The van der Waals surface area contributed by atoms with Crippen LogP contribution >= 0.6 is 11.6 Å². The second-order valence-electron chi connectivity index (χ2n) is 5.87. The Labute approximate surface area is 129 Å². The first-order valence-electron chi connectivity index (χ1n) is 6.44. The number of halogens is 1. The molecule has 2 rings (SSSR count). The highest BCUT2D eigenvalue weighted by atomic mass is 35.5. The summed E-state index contributed by atoms with van der Waals surface area (Å²) in [5.41, 5.74) is 1.31. The Kier molecular flexibility index (Phi) is 4.10. The molecule has 21 heavy (non-hydrogen) atoms. The van der Waals surface area contributed by atoms with Crippen molar-refractivity contribution in [1.29, 1.82) is 0 Å². The van der Waals surface area contributed by atoms with Crippen molar-refractivity contribution >= 4 is 32.5 Å². The lowest BCUT2D eigenvalue weighted by Gasteiger charge is -2.17. The number of hydroxylamine groups is 1. The lowest BCUT2D eigenvalue weighted by Crippen LogP contribution is -2.26. The molecule has 0 aliphatic heterocycles. The van der Waals surface area contributed by atoms with Gasteiger partial charge < -0.3 is 4.98 Å². The fraction of sp³-hybridized carbons (Fsp3) is 0.429. The van der Waals surface area contributed by atoms with Crippen molar-refractivity contribution in [3.05, 3.63) is 28.9 Å². The molecule has 1 N–H and O–H groups in total. The molecule has 0 saturated carbocycles. The molecule has 116 valence electrons. The van der Waals surface area contributed by atoms with Gasteiger partial charge in [0.1, 0.15) is 4.90 Å². The van der Waals surface area contributed by atoms with E-state index in [0.717, 1.165) is 15.5 Å². The molecule has 0 fully saturated rings. The molecule has 0 saturated heterocycles. The van der Waals surface area contributed by atoms with Gasteiger partial charge in [-0.1, -0.05) is 42.9 Å². The second kappa shape index (κ2) is 5.28. The van der Waals surface area contributed by atoms with E-state index in [1.54, 1.807) is 12.1 Å². The first-order valence-corrected chi connectivity index (χ1v) is 8.25. The average molecular weight is 331 g/mol. The van der Waals surface area contributed by atoms with Gasteiger partial charge in [-0.15, -0.1) is 0 Å². The van der Waals surface area contributed by atoms with Crippen LogP contribution in [0.3, 0.4) is 0 Å². The second-order valence-corrected chi connectivity index (χ2v) is 8.15. The normalized spacial score (nSPS) is 13.3. The number of nitrogens with zero attached hydrogens (tertiary/aromatic N) is 1. The van der Waals surface area contributed by atoms with Gasteiger partial charge in [0.05, 0.1) is 17.6 Å². The summed E-state index contributed by atoms with van der Waals surface area (Å²) in [5.74, 6) is 0. The van der Waals surface area contributed by atoms with Crippen LogP contribution in [-0.4, -0.2) is 32.0 Å². The zero-order valence-electron chi connectivity index (χ0n) is 12.7. The van der Waals surface area contributed by atoms with Crippen LogP contribution < -0.4 is 0 Å². The van der Waals surface area contributed by atoms with E-state index in [4.69, 9.17) is 16.4 Å². The quantitative estimate of drug-likeness (QED) is 0.878. The molecule has 1 heterocycles. The summed E-state index contributed by atoms with van der Waals surface area (Å²) < 4.78 is 25.9. The Morgan fingerprint density at radius 2 is 1.90 bits per heavy atom. The van der Waals surface area contributed by atoms with E-state index in [0.29, 0.717) is 5.52 Å². The molecule has 0 aliphatic carbocycles. The van der Waals surface area contributed by atoms with E-state index in [1.165, 1.54) is 14.2 Å². The van der Waals surface area contributed by atoms with Crippen LogP contribution in [0.25, 0.3) is 10.9 Å². The molecule has 7 heteroatoms. The number of H-pyrrole nitrogens is 1. The Balaban J connectivity index is 2.80. The van der Waals surface area contributed by atoms with E-state index in [-0.39, 0.29) is 15.3 Å². The Morgan fingerprint density at radius 1 is 1.29 bits per heavy atom. The van der Waals surface area contributed by atoms with Crippen molar-refractivity contribution in [3.8, 4) is 0 Å². The smallest absolute Gasteiger partial charge is 0.268 e. The van der Waals surface area contributed by atoms with Crippen LogP contribution in [0.4, 0.5) is 0 Å². The number of aromatic amines is 1. The summed E-state index contributed by atoms with van der Waals surface area (Å²) in [6, 6.07) is 5.33. The molecular formula is C14H19ClN2O3S. The van der Waals surface area contributed by atoms with Crippen LogP contribution in [0.2, 0.25) is 5.02 Å². The number of hydrogen-bond donors (Lipinski definition) is 1. The van der Waals surface area contributed by atoms with Gasteiger partial charge in [0, 0.05) is 23.5 Å². The molecule has 0 unspecified atom stereocenters. The largest absolute Gasteiger partial charge is 0.357 e. The molecule has 0 amide bonds. The standard InChI is InChI=1S/C14H19ClN2O3S/c1-14(2,3)11-8-9-6-7-10(15)13(12(9)16-11)21(18,19)17(4)20-5/h6-8,16H,1-5H3. The lowest BCUT2D eigenvalue weighted by molar-refractivity contribution is -0.0257. The molecular weight excluding hydrogens is 312 g/mol. The highest BCUT2D eigenvalue weighted by Crippen LogP contribution is 2.34. The first kappa shape index (κ1) is 16.3. The maximum Gasteiger partial charge on any atom is 0.268 e. The Hall–Kier alpha value is -1.08. The highest BCUT2D eigenvalue weighted by Gasteiger charge is 2.28. The monoisotopic (exact) mass is 330 g/mol. The van der Waals surface area contributed by atoms with E-state index in [2.05, 4.69) is 25.8 Å². The molecule has 1 aromatic carbocycles. The van der Waals surface area contributed by atoms with Crippen molar-refractivity contribution in [3.63, 3.8) is 0 Å². The van der Waals surface area contributed by atoms with Gasteiger partial charge in [-0.25, -0.2) is 8.42 Å². The maximum absolute atomic E-state index is 12.6. The summed E-state index contributed by atoms with van der Waals surface area (Å²) in [5, 5.41) is 0.959. The van der Waals surface area contributed by atoms with Gasteiger partial charge in [-0.05, 0) is 12.1 Å². The van der Waals surface area contributed by atoms with Crippen molar-refractivity contribution in [1.82, 2.24) is 9.45 Å². The summed E-state index contributed by atoms with van der Waals surface area (Å²) in [6.45, 7) is 6.15. The molecule has 0 spiro atoms.